The van der Waals surface area contributed by atoms with Gasteiger partial charge in [-0.1, -0.05) is 19.2 Å². The smallest absolute Gasteiger partial charge is 0.0101 e. The molecule has 0 spiro atoms. The van der Waals surface area contributed by atoms with Crippen molar-refractivity contribution in [3.05, 3.63) is 0 Å². The molecule has 0 rings (SSSR count). The van der Waals surface area contributed by atoms with Gasteiger partial charge in [0.1, 0.15) is 0 Å². The number of rotatable bonds is 4. The van der Waals surface area contributed by atoms with Gasteiger partial charge in [-0.25, -0.2) is 0 Å². The fourth-order valence-electron chi connectivity index (χ4n) is 0.224. The summed E-state index contributed by atoms with van der Waals surface area (Å²) < 4.78 is 0. The van der Waals surface area contributed by atoms with Gasteiger partial charge in [0, 0.05) is 7.62 Å². The van der Waals surface area contributed by atoms with Gasteiger partial charge in [-0.05, 0) is 21.0 Å². The molecule has 0 aliphatic rings. The molecule has 0 saturated heterocycles. The Morgan fingerprint density at radius 1 is 1.10 bits per heavy atom. The van der Waals surface area contributed by atoms with Crippen LogP contribution in [0.1, 0.15) is 0 Å². The third-order valence-electron chi connectivity index (χ3n) is 0.521. The first-order chi connectivity index (χ1) is 4.57. The lowest BCUT2D eigenvalue weighted by Gasteiger charge is -2.19. The maximum Gasteiger partial charge on any atom is 0.0101 e. The van der Waals surface area contributed by atoms with E-state index >= 15 is 0 Å². The van der Waals surface area contributed by atoms with Crippen LogP contribution in [0.4, 0.5) is 0 Å². The summed E-state index contributed by atoms with van der Waals surface area (Å²) in [6, 6.07) is 0. The van der Waals surface area contributed by atoms with Gasteiger partial charge < -0.3 is 0 Å². The minimum absolute atomic E-state index is 0.0839. The Bertz CT molecular complexity index is 76.8. The van der Waals surface area contributed by atoms with E-state index in [0.717, 1.165) is 7.96 Å². The molecule has 0 aromatic carbocycles. The zero-order chi connectivity index (χ0) is 8.15. The summed E-state index contributed by atoms with van der Waals surface area (Å²) in [5.74, 6) is 0. The van der Waals surface area contributed by atoms with Crippen LogP contribution in [-0.2, 0) is 0 Å². The summed E-state index contributed by atoms with van der Waals surface area (Å²) in [4.78, 5) is 0. The molecule has 0 bridgehead atoms. The lowest BCUT2D eigenvalue weighted by atomic mass is 28.8. The first-order valence-electron chi connectivity index (χ1n) is 2.09. The van der Waals surface area contributed by atoms with Crippen molar-refractivity contribution in [2.45, 2.75) is 0 Å². The van der Waals surface area contributed by atoms with E-state index in [0.29, 0.717) is 7.62 Å². The van der Waals surface area contributed by atoms with Crippen molar-refractivity contribution in [2.24, 2.45) is 0 Å². The van der Waals surface area contributed by atoms with Crippen LogP contribution in [0.2, 0.25) is 0 Å². The predicted octanol–water partition coefficient (Wildman–Crippen LogP) is 5.76. The summed E-state index contributed by atoms with van der Waals surface area (Å²) in [5, 5.41) is 0. The van der Waals surface area contributed by atoms with Crippen LogP contribution in [0.5, 0.6) is 0 Å². The molecular weight excluding hydrogens is 314 g/mol. The van der Waals surface area contributed by atoms with Crippen molar-refractivity contribution >= 4 is 83.5 Å². The topological polar surface area (TPSA) is 0 Å². The first kappa shape index (κ1) is 14.2. The van der Waals surface area contributed by atoms with Crippen LogP contribution in [-0.4, -0.2) is 0 Å². The molecule has 0 radical (unpaired) electrons. The van der Waals surface area contributed by atoms with E-state index in [-0.39, 0.29) is 21.0 Å². The molecular formula is H10ClP9. The third kappa shape index (κ3) is 7.55. The van der Waals surface area contributed by atoms with E-state index in [1.165, 1.54) is 0 Å². The number of hydrogen-bond acceptors (Lipinski definition) is 0. The Morgan fingerprint density at radius 3 is 1.70 bits per heavy atom. The maximum absolute atomic E-state index is 5.85. The summed E-state index contributed by atoms with van der Waals surface area (Å²) in [6.07, 6.45) is 0. The Labute approximate surface area is 83.3 Å². The average Bonchev–Trinajstić information content (AvgIpc) is 1.81. The van der Waals surface area contributed by atoms with Gasteiger partial charge in [0.2, 0.25) is 0 Å². The summed E-state index contributed by atoms with van der Waals surface area (Å²) in [6.45, 7) is 0.350. The van der Waals surface area contributed by atoms with Crippen molar-refractivity contribution in [3.63, 3.8) is 0 Å². The second kappa shape index (κ2) is 8.47. The van der Waals surface area contributed by atoms with Crippen LogP contribution in [0.3, 0.4) is 0 Å². The molecule has 0 heterocycles. The summed E-state index contributed by atoms with van der Waals surface area (Å²) in [5.41, 5.74) is 0. The molecule has 7 unspecified atom stereocenters. The normalized spacial score (nSPS) is 17.1. The Kier molecular flexibility index (Phi) is 12.0. The van der Waals surface area contributed by atoms with E-state index in [1.54, 1.807) is 0 Å². The molecule has 7 atom stereocenters. The van der Waals surface area contributed by atoms with E-state index < -0.39 is 0 Å². The highest BCUT2D eigenvalue weighted by Gasteiger charge is 2.12. The molecule has 0 saturated carbocycles. The fourth-order valence-corrected chi connectivity index (χ4v) is 54.3. The lowest BCUT2D eigenvalue weighted by Crippen LogP contribution is -1.30. The van der Waals surface area contributed by atoms with Gasteiger partial charge in [0.05, 0.1) is 0 Å². The zero-order valence-corrected chi connectivity index (χ0v) is 15.1. The Morgan fingerprint density at radius 2 is 1.60 bits per heavy atom. The molecule has 0 aromatic heterocycles. The molecule has 0 nitrogen and oxygen atoms in total. The molecule has 0 N–H and O–H groups in total. The zero-order valence-electron chi connectivity index (χ0n) is 5.03. The Hall–Kier alpha value is 4.16. The summed E-state index contributed by atoms with van der Waals surface area (Å²) >= 11 is 5.85. The quantitative estimate of drug-likeness (QED) is 0.576. The van der Waals surface area contributed by atoms with Crippen LogP contribution in [0.15, 0.2) is 0 Å². The molecule has 0 amide bonds. The van der Waals surface area contributed by atoms with Crippen LogP contribution >= 0.6 is 83.5 Å². The lowest BCUT2D eigenvalue weighted by molar-refractivity contribution is 4.71. The maximum atomic E-state index is 5.85. The number of halogens is 1. The molecule has 10 heavy (non-hydrogen) atoms. The SMILES string of the molecule is PP(P)PP(PCl)P(P)P. The van der Waals surface area contributed by atoms with Crippen LogP contribution < -0.4 is 0 Å². The minimum Gasteiger partial charge on any atom is -0.103 e. The highest BCUT2D eigenvalue weighted by atomic mass is 35.7. The van der Waals surface area contributed by atoms with Gasteiger partial charge in [-0.15, -0.1) is 35.7 Å². The van der Waals surface area contributed by atoms with Crippen molar-refractivity contribution in [1.29, 1.82) is 0 Å². The largest absolute Gasteiger partial charge is 0.103 e. The minimum atomic E-state index is 0.0839. The Balaban J connectivity index is 3.60. The van der Waals surface area contributed by atoms with Crippen LogP contribution in [0.25, 0.3) is 0 Å². The molecule has 0 aliphatic heterocycles. The van der Waals surface area contributed by atoms with Crippen molar-refractivity contribution < 1.29 is 0 Å². The van der Waals surface area contributed by atoms with Gasteiger partial charge in [-0.2, -0.15) is 0 Å². The highest BCUT2D eigenvalue weighted by Crippen LogP contribution is 3.02. The van der Waals surface area contributed by atoms with Gasteiger partial charge >= 0.3 is 0 Å². The second-order valence-electron chi connectivity index (χ2n) is 1.28. The van der Waals surface area contributed by atoms with E-state index in [9.17, 15) is 0 Å². The molecule has 0 fully saturated rings. The number of hydrogen-bond donors (Lipinski definition) is 0. The second-order valence-corrected chi connectivity index (χ2v) is 34.7. The third-order valence-corrected chi connectivity index (χ3v) is 42.2. The molecule has 10 heteroatoms. The van der Waals surface area contributed by atoms with Crippen molar-refractivity contribution in [1.82, 2.24) is 0 Å². The van der Waals surface area contributed by atoms with Crippen LogP contribution in [0, 0.1) is 0 Å². The standard InChI is InChI=1S/ClH10P9/c1-6-10(9(4)5)7-8(2)3/h6-7H,2-5H2. The van der Waals surface area contributed by atoms with E-state index in [2.05, 4.69) is 35.7 Å². The summed E-state index contributed by atoms with van der Waals surface area (Å²) in [7, 11) is 13.2. The fraction of sp³-hybridized carbons (Fsp3) is 0. The van der Waals surface area contributed by atoms with Gasteiger partial charge in [0.15, 0.2) is 0 Å². The van der Waals surface area contributed by atoms with Gasteiger partial charge in [0.25, 0.3) is 0 Å². The first-order valence-corrected chi connectivity index (χ1v) is 18.8. The average molecular weight is 324 g/mol. The molecule has 0 aliphatic carbocycles. The van der Waals surface area contributed by atoms with Gasteiger partial charge in [-0.3, -0.25) is 0 Å². The predicted molar refractivity (Wildman–Crippen MR) is 82.1 cm³/mol. The van der Waals surface area contributed by atoms with E-state index in [1.807, 2.05) is 0 Å². The molecule has 0 aromatic rings. The monoisotopic (exact) mass is 324 g/mol. The molecule has 62 valence electrons. The van der Waals surface area contributed by atoms with Crippen molar-refractivity contribution in [3.8, 4) is 0 Å². The highest BCUT2D eigenvalue weighted by molar-refractivity contribution is 9.06. The van der Waals surface area contributed by atoms with Crippen molar-refractivity contribution in [2.75, 3.05) is 0 Å². The van der Waals surface area contributed by atoms with E-state index in [4.69, 9.17) is 11.2 Å².